The van der Waals surface area contributed by atoms with Gasteiger partial charge in [-0.15, -0.1) is 0 Å². The maximum Gasteiger partial charge on any atom is 0.272 e. The predicted octanol–water partition coefficient (Wildman–Crippen LogP) is 1.91. The van der Waals surface area contributed by atoms with Crippen LogP contribution in [0.2, 0.25) is 0 Å². The van der Waals surface area contributed by atoms with E-state index in [1.165, 1.54) is 36.7 Å². The summed E-state index contributed by atoms with van der Waals surface area (Å²) in [7, 11) is 0. The molecule has 0 spiro atoms. The van der Waals surface area contributed by atoms with E-state index >= 15 is 0 Å². The Hall–Kier alpha value is -0.830. The Balaban J connectivity index is 1.68. The van der Waals surface area contributed by atoms with Crippen LogP contribution in [0.5, 0.6) is 0 Å². The van der Waals surface area contributed by atoms with Gasteiger partial charge in [0.05, 0.1) is 0 Å². The van der Waals surface area contributed by atoms with Gasteiger partial charge in [-0.2, -0.15) is 0 Å². The monoisotopic (exact) mass is 239 g/mol. The molecule has 4 heteroatoms. The fraction of sp³-hybridized carbons (Fsp3) is 0.667. The molecule has 2 aliphatic carbocycles. The van der Waals surface area contributed by atoms with Crippen molar-refractivity contribution < 1.29 is 9.59 Å². The summed E-state index contributed by atoms with van der Waals surface area (Å²) >= 11 is 5.67. The van der Waals surface area contributed by atoms with Gasteiger partial charge in [0.25, 0.3) is 11.8 Å². The lowest BCUT2D eigenvalue weighted by Gasteiger charge is -2.25. The first-order valence-electron chi connectivity index (χ1n) is 5.88. The second kappa shape index (κ2) is 3.59. The van der Waals surface area contributed by atoms with Crippen LogP contribution in [0.3, 0.4) is 0 Å². The molecule has 1 aliphatic heterocycles. The number of hydrogen-bond donors (Lipinski definition) is 0. The number of imide groups is 1. The average Bonchev–Trinajstić information content (AvgIpc) is 2.90. The SMILES string of the molecule is O=C1C=C(Cl)C(=O)N1CC1CC2CCC1C2. The molecule has 0 aromatic heterocycles. The first-order chi connectivity index (χ1) is 7.65. The summed E-state index contributed by atoms with van der Waals surface area (Å²) in [6.45, 7) is 0.575. The summed E-state index contributed by atoms with van der Waals surface area (Å²) in [5, 5.41) is 0.0631. The fourth-order valence-electron chi connectivity index (χ4n) is 3.48. The largest absolute Gasteiger partial charge is 0.274 e. The molecule has 3 atom stereocenters. The van der Waals surface area contributed by atoms with Crippen molar-refractivity contribution in [3.63, 3.8) is 0 Å². The van der Waals surface area contributed by atoms with Gasteiger partial charge in [-0.3, -0.25) is 14.5 Å². The normalized spacial score (nSPS) is 37.4. The minimum absolute atomic E-state index is 0.0631. The number of carbonyl (C=O) groups is 2. The molecule has 3 aliphatic rings. The van der Waals surface area contributed by atoms with Crippen LogP contribution >= 0.6 is 11.6 Å². The zero-order chi connectivity index (χ0) is 11.3. The number of amides is 2. The highest BCUT2D eigenvalue weighted by molar-refractivity contribution is 6.46. The number of carbonyl (C=O) groups excluding carboxylic acids is 2. The first kappa shape index (κ1) is 10.3. The molecule has 0 saturated heterocycles. The maximum absolute atomic E-state index is 11.6. The molecule has 16 heavy (non-hydrogen) atoms. The van der Waals surface area contributed by atoms with E-state index in [0.717, 1.165) is 11.8 Å². The highest BCUT2D eigenvalue weighted by Crippen LogP contribution is 2.48. The van der Waals surface area contributed by atoms with Crippen LogP contribution in [0.25, 0.3) is 0 Å². The van der Waals surface area contributed by atoms with E-state index in [0.29, 0.717) is 12.5 Å². The van der Waals surface area contributed by atoms with Crippen LogP contribution in [-0.2, 0) is 9.59 Å². The second-order valence-electron chi connectivity index (χ2n) is 5.18. The molecule has 2 bridgehead atoms. The van der Waals surface area contributed by atoms with Crippen molar-refractivity contribution in [2.75, 3.05) is 6.54 Å². The maximum atomic E-state index is 11.6. The first-order valence-corrected chi connectivity index (χ1v) is 6.26. The van der Waals surface area contributed by atoms with E-state index in [9.17, 15) is 9.59 Å². The predicted molar refractivity (Wildman–Crippen MR) is 59.6 cm³/mol. The van der Waals surface area contributed by atoms with Gasteiger partial charge in [0.1, 0.15) is 5.03 Å². The molecule has 0 radical (unpaired) electrons. The smallest absolute Gasteiger partial charge is 0.272 e. The highest BCUT2D eigenvalue weighted by Gasteiger charge is 2.42. The lowest BCUT2D eigenvalue weighted by Crippen LogP contribution is -2.36. The third-order valence-electron chi connectivity index (χ3n) is 4.27. The van der Waals surface area contributed by atoms with Crippen molar-refractivity contribution in [3.05, 3.63) is 11.1 Å². The summed E-state index contributed by atoms with van der Waals surface area (Å²) in [6, 6.07) is 0. The number of nitrogens with zero attached hydrogens (tertiary/aromatic N) is 1. The van der Waals surface area contributed by atoms with Crippen LogP contribution in [0, 0.1) is 17.8 Å². The van der Waals surface area contributed by atoms with Gasteiger partial charge in [0.2, 0.25) is 0 Å². The highest BCUT2D eigenvalue weighted by atomic mass is 35.5. The minimum Gasteiger partial charge on any atom is -0.274 e. The lowest BCUT2D eigenvalue weighted by atomic mass is 9.88. The molecule has 3 nitrogen and oxygen atoms in total. The molecule has 3 rings (SSSR count). The number of halogens is 1. The molecular formula is C12H14ClNO2. The van der Waals surface area contributed by atoms with Gasteiger partial charge in [-0.05, 0) is 37.0 Å². The lowest BCUT2D eigenvalue weighted by molar-refractivity contribution is -0.137. The van der Waals surface area contributed by atoms with Crippen molar-refractivity contribution in [1.82, 2.24) is 4.90 Å². The average molecular weight is 240 g/mol. The van der Waals surface area contributed by atoms with Crippen LogP contribution in [0.1, 0.15) is 25.7 Å². The molecule has 86 valence electrons. The van der Waals surface area contributed by atoms with Crippen LogP contribution < -0.4 is 0 Å². The van der Waals surface area contributed by atoms with Gasteiger partial charge in [0, 0.05) is 12.6 Å². The molecule has 0 aromatic rings. The van der Waals surface area contributed by atoms with E-state index < -0.39 is 0 Å². The van der Waals surface area contributed by atoms with E-state index in [1.807, 2.05) is 0 Å². The quantitative estimate of drug-likeness (QED) is 0.691. The van der Waals surface area contributed by atoms with Crippen molar-refractivity contribution in [2.24, 2.45) is 17.8 Å². The minimum atomic E-state index is -0.311. The Morgan fingerprint density at radius 2 is 2.12 bits per heavy atom. The number of fused-ring (bicyclic) bond motifs is 2. The van der Waals surface area contributed by atoms with Gasteiger partial charge in [-0.1, -0.05) is 18.0 Å². The third kappa shape index (κ3) is 1.49. The van der Waals surface area contributed by atoms with Gasteiger partial charge < -0.3 is 0 Å². The molecular weight excluding hydrogens is 226 g/mol. The Morgan fingerprint density at radius 1 is 1.31 bits per heavy atom. The van der Waals surface area contributed by atoms with Crippen molar-refractivity contribution in [1.29, 1.82) is 0 Å². The molecule has 2 amide bonds. The molecule has 2 fully saturated rings. The third-order valence-corrected chi connectivity index (χ3v) is 4.54. The molecule has 3 unspecified atom stereocenters. The van der Waals surface area contributed by atoms with Crippen molar-refractivity contribution in [3.8, 4) is 0 Å². The summed E-state index contributed by atoms with van der Waals surface area (Å²) in [5.41, 5.74) is 0. The Kier molecular flexibility index (Phi) is 2.32. The molecule has 1 heterocycles. The zero-order valence-corrected chi connectivity index (χ0v) is 9.74. The van der Waals surface area contributed by atoms with Gasteiger partial charge in [0.15, 0.2) is 0 Å². The topological polar surface area (TPSA) is 37.4 Å². The van der Waals surface area contributed by atoms with Crippen LogP contribution in [-0.4, -0.2) is 23.3 Å². The van der Waals surface area contributed by atoms with Crippen LogP contribution in [0.15, 0.2) is 11.1 Å². The number of rotatable bonds is 2. The Labute approximate surface area is 99.4 Å². The molecule has 0 N–H and O–H groups in total. The van der Waals surface area contributed by atoms with Gasteiger partial charge in [-0.25, -0.2) is 0 Å². The standard InChI is InChI=1S/C12H14ClNO2/c13-10-5-11(15)14(12(10)16)6-9-4-7-1-2-8(9)3-7/h5,7-9H,1-4,6H2. The zero-order valence-electron chi connectivity index (χ0n) is 8.99. The van der Waals surface area contributed by atoms with Crippen molar-refractivity contribution in [2.45, 2.75) is 25.7 Å². The number of hydrogen-bond acceptors (Lipinski definition) is 2. The van der Waals surface area contributed by atoms with E-state index in [4.69, 9.17) is 11.6 Å². The van der Waals surface area contributed by atoms with E-state index in [2.05, 4.69) is 0 Å². The summed E-state index contributed by atoms with van der Waals surface area (Å²) < 4.78 is 0. The Bertz CT molecular complexity index is 390. The van der Waals surface area contributed by atoms with Gasteiger partial charge >= 0.3 is 0 Å². The Morgan fingerprint density at radius 3 is 2.62 bits per heavy atom. The summed E-state index contributed by atoms with van der Waals surface area (Å²) in [6.07, 6.45) is 6.31. The molecule has 2 saturated carbocycles. The molecule has 0 aromatic carbocycles. The van der Waals surface area contributed by atoms with E-state index in [-0.39, 0.29) is 16.8 Å². The summed E-state index contributed by atoms with van der Waals surface area (Å²) in [4.78, 5) is 24.5. The fourth-order valence-corrected chi connectivity index (χ4v) is 3.68. The summed E-state index contributed by atoms with van der Waals surface area (Å²) in [5.74, 6) is 1.53. The van der Waals surface area contributed by atoms with E-state index in [1.54, 1.807) is 0 Å². The van der Waals surface area contributed by atoms with Crippen LogP contribution in [0.4, 0.5) is 0 Å². The second-order valence-corrected chi connectivity index (χ2v) is 5.59. The van der Waals surface area contributed by atoms with Crippen molar-refractivity contribution >= 4 is 23.4 Å².